The quantitative estimate of drug-likeness (QED) is 0.725. The molecule has 4 nitrogen and oxygen atoms in total. The van der Waals surface area contributed by atoms with Crippen LogP contribution < -0.4 is 4.90 Å². The van der Waals surface area contributed by atoms with Gasteiger partial charge in [0, 0.05) is 25.3 Å². The summed E-state index contributed by atoms with van der Waals surface area (Å²) in [6, 6.07) is 19.5. The van der Waals surface area contributed by atoms with Crippen molar-refractivity contribution in [2.75, 3.05) is 31.7 Å². The number of amides is 1. The van der Waals surface area contributed by atoms with Gasteiger partial charge in [0.05, 0.1) is 19.1 Å². The molecule has 0 aliphatic carbocycles. The van der Waals surface area contributed by atoms with Crippen LogP contribution in [0, 0.1) is 0 Å². The molecule has 1 amide bonds. The molecule has 2 saturated heterocycles. The van der Waals surface area contributed by atoms with Crippen molar-refractivity contribution in [3.05, 3.63) is 65.7 Å². The van der Waals surface area contributed by atoms with Gasteiger partial charge in [-0.3, -0.25) is 9.69 Å². The van der Waals surface area contributed by atoms with Crippen molar-refractivity contribution < 1.29 is 4.79 Å². The van der Waals surface area contributed by atoms with E-state index in [4.69, 9.17) is 0 Å². The van der Waals surface area contributed by atoms with Crippen LogP contribution in [0.5, 0.6) is 0 Å². The molecule has 2 aromatic rings. The number of likely N-dealkylation sites (tertiary alicyclic amines) is 1. The van der Waals surface area contributed by atoms with Gasteiger partial charge in [-0.2, -0.15) is 0 Å². The predicted molar refractivity (Wildman–Crippen MR) is 109 cm³/mol. The van der Waals surface area contributed by atoms with Crippen molar-refractivity contribution >= 4 is 11.6 Å². The lowest BCUT2D eigenvalue weighted by molar-refractivity contribution is -0.149. The Hall–Kier alpha value is -2.33. The van der Waals surface area contributed by atoms with Crippen molar-refractivity contribution in [1.82, 2.24) is 9.80 Å². The maximum atomic E-state index is 12.1. The summed E-state index contributed by atoms with van der Waals surface area (Å²) in [5, 5.41) is 0. The molecule has 0 radical (unpaired) electrons. The molecule has 27 heavy (non-hydrogen) atoms. The third-order valence-corrected chi connectivity index (χ3v) is 5.75. The topological polar surface area (TPSA) is 26.8 Å². The number of hydrogen-bond donors (Lipinski definition) is 0. The first-order chi connectivity index (χ1) is 13.2. The van der Waals surface area contributed by atoms with Crippen molar-refractivity contribution in [1.29, 1.82) is 0 Å². The highest BCUT2D eigenvalue weighted by atomic mass is 16.2. The molecule has 142 valence electrons. The second kappa shape index (κ2) is 8.13. The Kier molecular flexibility index (Phi) is 5.44. The molecule has 4 rings (SSSR count). The van der Waals surface area contributed by atoms with Gasteiger partial charge in [-0.15, -0.1) is 0 Å². The van der Waals surface area contributed by atoms with E-state index in [1.807, 2.05) is 23.1 Å². The SMILES string of the molecule is CN(Cc1ccc(N2CCCCC2)cc1)CN1C(=O)C[C@@H]1c1ccccc1. The van der Waals surface area contributed by atoms with Gasteiger partial charge >= 0.3 is 0 Å². The standard InChI is InChI=1S/C23H29N3O/c1-24(18-26-22(16-23(26)27)20-8-4-2-5-9-20)17-19-10-12-21(13-11-19)25-14-6-3-7-15-25/h2,4-5,8-13,22H,3,6-7,14-18H2,1H3/t22-/m1/s1. The van der Waals surface area contributed by atoms with Crippen LogP contribution in [-0.4, -0.2) is 42.5 Å². The summed E-state index contributed by atoms with van der Waals surface area (Å²) < 4.78 is 0. The molecule has 0 N–H and O–H groups in total. The van der Waals surface area contributed by atoms with E-state index in [0.29, 0.717) is 13.1 Å². The Balaban J connectivity index is 1.33. The molecular formula is C23H29N3O. The Morgan fingerprint density at radius 1 is 0.963 bits per heavy atom. The zero-order chi connectivity index (χ0) is 18.6. The molecule has 0 bridgehead atoms. The fourth-order valence-electron chi connectivity index (χ4n) is 4.19. The fourth-order valence-corrected chi connectivity index (χ4v) is 4.19. The van der Waals surface area contributed by atoms with E-state index in [1.165, 1.54) is 49.2 Å². The second-order valence-electron chi connectivity index (χ2n) is 7.86. The highest BCUT2D eigenvalue weighted by Crippen LogP contribution is 2.34. The van der Waals surface area contributed by atoms with E-state index >= 15 is 0 Å². The van der Waals surface area contributed by atoms with Crippen LogP contribution in [0.2, 0.25) is 0 Å². The molecule has 2 aliphatic heterocycles. The van der Waals surface area contributed by atoms with Crippen LogP contribution in [0.1, 0.15) is 42.9 Å². The van der Waals surface area contributed by atoms with Crippen LogP contribution in [0.15, 0.2) is 54.6 Å². The Labute approximate surface area is 162 Å². The van der Waals surface area contributed by atoms with Crippen molar-refractivity contribution in [2.24, 2.45) is 0 Å². The summed E-state index contributed by atoms with van der Waals surface area (Å²) in [6.07, 6.45) is 4.59. The molecule has 0 spiro atoms. The second-order valence-corrected chi connectivity index (χ2v) is 7.86. The zero-order valence-electron chi connectivity index (χ0n) is 16.2. The van der Waals surface area contributed by atoms with E-state index in [0.717, 1.165) is 6.54 Å². The van der Waals surface area contributed by atoms with Crippen molar-refractivity contribution in [2.45, 2.75) is 38.3 Å². The number of anilines is 1. The molecule has 2 heterocycles. The summed E-state index contributed by atoms with van der Waals surface area (Å²) in [6.45, 7) is 3.88. The molecule has 2 aliphatic rings. The predicted octanol–water partition coefficient (Wildman–Crippen LogP) is 4.04. The Bertz CT molecular complexity index is 753. The minimum absolute atomic E-state index is 0.225. The van der Waals surface area contributed by atoms with Crippen LogP contribution in [0.3, 0.4) is 0 Å². The van der Waals surface area contributed by atoms with Gasteiger partial charge in [0.15, 0.2) is 0 Å². The minimum Gasteiger partial charge on any atom is -0.372 e. The molecule has 2 aromatic carbocycles. The van der Waals surface area contributed by atoms with Crippen molar-refractivity contribution in [3.8, 4) is 0 Å². The number of carbonyl (C=O) groups excluding carboxylic acids is 1. The van der Waals surface area contributed by atoms with E-state index < -0.39 is 0 Å². The fraction of sp³-hybridized carbons (Fsp3) is 0.435. The first-order valence-electron chi connectivity index (χ1n) is 10.1. The average Bonchev–Trinajstić information content (AvgIpc) is 2.72. The lowest BCUT2D eigenvalue weighted by Gasteiger charge is -2.42. The largest absolute Gasteiger partial charge is 0.372 e. The maximum Gasteiger partial charge on any atom is 0.226 e. The van der Waals surface area contributed by atoms with Crippen LogP contribution in [0.25, 0.3) is 0 Å². The van der Waals surface area contributed by atoms with Crippen LogP contribution in [-0.2, 0) is 11.3 Å². The van der Waals surface area contributed by atoms with Gasteiger partial charge in [-0.25, -0.2) is 0 Å². The van der Waals surface area contributed by atoms with Crippen LogP contribution in [0.4, 0.5) is 5.69 Å². The number of carbonyl (C=O) groups is 1. The van der Waals surface area contributed by atoms with Gasteiger partial charge in [0.1, 0.15) is 0 Å². The summed E-state index contributed by atoms with van der Waals surface area (Å²) in [5.41, 5.74) is 3.86. The number of benzene rings is 2. The summed E-state index contributed by atoms with van der Waals surface area (Å²) in [4.78, 5) is 18.8. The first kappa shape index (κ1) is 18.1. The third kappa shape index (κ3) is 4.16. The number of piperidine rings is 1. The van der Waals surface area contributed by atoms with Gasteiger partial charge in [0.25, 0.3) is 0 Å². The average molecular weight is 364 g/mol. The van der Waals surface area contributed by atoms with Gasteiger partial charge in [0.2, 0.25) is 5.91 Å². The number of hydrogen-bond acceptors (Lipinski definition) is 3. The van der Waals surface area contributed by atoms with Crippen LogP contribution >= 0.6 is 0 Å². The third-order valence-electron chi connectivity index (χ3n) is 5.75. The summed E-state index contributed by atoms with van der Waals surface area (Å²) in [7, 11) is 2.09. The van der Waals surface area contributed by atoms with Crippen molar-refractivity contribution in [3.63, 3.8) is 0 Å². The normalized spacial score (nSPS) is 20.1. The molecule has 0 saturated carbocycles. The first-order valence-corrected chi connectivity index (χ1v) is 10.1. The molecule has 0 aromatic heterocycles. The molecule has 0 unspecified atom stereocenters. The smallest absolute Gasteiger partial charge is 0.226 e. The van der Waals surface area contributed by atoms with Gasteiger partial charge in [-0.05, 0) is 49.6 Å². The molecule has 4 heteroatoms. The summed E-state index contributed by atoms with van der Waals surface area (Å²) >= 11 is 0. The van der Waals surface area contributed by atoms with E-state index in [1.54, 1.807) is 0 Å². The molecule has 2 fully saturated rings. The van der Waals surface area contributed by atoms with E-state index in [9.17, 15) is 4.79 Å². The zero-order valence-corrected chi connectivity index (χ0v) is 16.2. The van der Waals surface area contributed by atoms with Gasteiger partial charge in [-0.1, -0.05) is 42.5 Å². The van der Waals surface area contributed by atoms with E-state index in [2.05, 4.69) is 53.2 Å². The Morgan fingerprint density at radius 3 is 2.33 bits per heavy atom. The highest BCUT2D eigenvalue weighted by molar-refractivity contribution is 5.83. The number of nitrogens with zero attached hydrogens (tertiary/aromatic N) is 3. The number of rotatable bonds is 6. The van der Waals surface area contributed by atoms with E-state index in [-0.39, 0.29) is 11.9 Å². The monoisotopic (exact) mass is 363 g/mol. The minimum atomic E-state index is 0.225. The molecular weight excluding hydrogens is 334 g/mol. The molecule has 1 atom stereocenters. The number of β-lactam (4-membered cyclic amide) rings is 1. The highest BCUT2D eigenvalue weighted by Gasteiger charge is 2.37. The Morgan fingerprint density at radius 2 is 1.67 bits per heavy atom. The summed E-state index contributed by atoms with van der Waals surface area (Å²) in [5.74, 6) is 0.246. The van der Waals surface area contributed by atoms with Gasteiger partial charge < -0.3 is 9.80 Å². The lowest BCUT2D eigenvalue weighted by Crippen LogP contribution is -2.50. The maximum absolute atomic E-state index is 12.1. The lowest BCUT2D eigenvalue weighted by atomic mass is 9.94.